The molecule has 1 heterocycles. The highest BCUT2D eigenvalue weighted by atomic mass is 16.5. The van der Waals surface area contributed by atoms with Crippen molar-refractivity contribution in [2.24, 2.45) is 7.05 Å². The first kappa shape index (κ1) is 18.4. The second kappa shape index (κ2) is 8.31. The fourth-order valence-corrected chi connectivity index (χ4v) is 2.85. The molecule has 3 rings (SSSR count). The van der Waals surface area contributed by atoms with Gasteiger partial charge in [0.15, 0.2) is 0 Å². The number of carbonyl (C=O) groups excluding carboxylic acids is 2. The molecule has 27 heavy (non-hydrogen) atoms. The van der Waals surface area contributed by atoms with E-state index in [1.807, 2.05) is 48.1 Å². The van der Waals surface area contributed by atoms with Crippen LogP contribution in [0.4, 0.5) is 0 Å². The van der Waals surface area contributed by atoms with E-state index in [2.05, 4.69) is 4.98 Å². The zero-order valence-electron chi connectivity index (χ0n) is 15.3. The van der Waals surface area contributed by atoms with E-state index in [0.29, 0.717) is 18.7 Å². The van der Waals surface area contributed by atoms with Gasteiger partial charge >= 0.3 is 5.97 Å². The van der Waals surface area contributed by atoms with Crippen molar-refractivity contribution in [3.63, 3.8) is 0 Å². The molecule has 0 aliphatic carbocycles. The van der Waals surface area contributed by atoms with E-state index in [1.54, 1.807) is 35.4 Å². The lowest BCUT2D eigenvalue weighted by Gasteiger charge is -2.23. The van der Waals surface area contributed by atoms with Crippen LogP contribution in [0.25, 0.3) is 0 Å². The largest absolute Gasteiger partial charge is 0.465 e. The second-order valence-electron chi connectivity index (χ2n) is 6.14. The Morgan fingerprint density at radius 3 is 2.30 bits per heavy atom. The van der Waals surface area contributed by atoms with Crippen LogP contribution < -0.4 is 0 Å². The third-order valence-electron chi connectivity index (χ3n) is 4.32. The molecule has 3 aromatic rings. The summed E-state index contributed by atoms with van der Waals surface area (Å²) in [6.45, 7) is 0.731. The van der Waals surface area contributed by atoms with E-state index in [4.69, 9.17) is 4.74 Å². The maximum Gasteiger partial charge on any atom is 0.338 e. The Bertz CT molecular complexity index is 935. The van der Waals surface area contributed by atoms with Crippen LogP contribution in [0, 0.1) is 0 Å². The topological polar surface area (TPSA) is 64.4 Å². The van der Waals surface area contributed by atoms with Gasteiger partial charge in [-0.2, -0.15) is 0 Å². The lowest BCUT2D eigenvalue weighted by molar-refractivity contribution is 0.0587. The number of hydrogen-bond acceptors (Lipinski definition) is 4. The second-order valence-corrected chi connectivity index (χ2v) is 6.14. The van der Waals surface area contributed by atoms with Crippen molar-refractivity contribution in [2.75, 3.05) is 7.11 Å². The van der Waals surface area contributed by atoms with Gasteiger partial charge in [0.1, 0.15) is 5.82 Å². The van der Waals surface area contributed by atoms with Crippen LogP contribution in [0.5, 0.6) is 0 Å². The number of imidazole rings is 1. The molecule has 0 atom stereocenters. The molecule has 138 valence electrons. The molecule has 0 saturated heterocycles. The number of hydrogen-bond donors (Lipinski definition) is 0. The lowest BCUT2D eigenvalue weighted by Crippen LogP contribution is -2.32. The highest BCUT2D eigenvalue weighted by Crippen LogP contribution is 2.17. The van der Waals surface area contributed by atoms with E-state index in [9.17, 15) is 9.59 Å². The molecule has 6 nitrogen and oxygen atoms in total. The van der Waals surface area contributed by atoms with Crippen molar-refractivity contribution < 1.29 is 14.3 Å². The molecule has 0 saturated carbocycles. The number of methoxy groups -OCH3 is 1. The quantitative estimate of drug-likeness (QED) is 0.632. The molecule has 0 aliphatic rings. The SMILES string of the molecule is COC(=O)c1ccccc1C(=O)N(Cc1ccccc1)Cc1nccn1C. The molecule has 0 spiro atoms. The van der Waals surface area contributed by atoms with E-state index in [0.717, 1.165) is 11.4 Å². The maximum atomic E-state index is 13.3. The summed E-state index contributed by atoms with van der Waals surface area (Å²) in [4.78, 5) is 31.4. The van der Waals surface area contributed by atoms with Gasteiger partial charge in [0, 0.05) is 26.0 Å². The van der Waals surface area contributed by atoms with Crippen LogP contribution in [0.3, 0.4) is 0 Å². The number of esters is 1. The summed E-state index contributed by atoms with van der Waals surface area (Å²) in [5, 5.41) is 0. The summed E-state index contributed by atoms with van der Waals surface area (Å²) in [6.07, 6.45) is 3.53. The average Bonchev–Trinajstić information content (AvgIpc) is 3.11. The number of rotatable bonds is 6. The fraction of sp³-hybridized carbons (Fsp3) is 0.190. The van der Waals surface area contributed by atoms with Crippen molar-refractivity contribution in [1.29, 1.82) is 0 Å². The average molecular weight is 363 g/mol. The van der Waals surface area contributed by atoms with E-state index >= 15 is 0 Å². The minimum atomic E-state index is -0.532. The zero-order chi connectivity index (χ0) is 19.2. The summed E-state index contributed by atoms with van der Waals surface area (Å²) in [7, 11) is 3.19. The van der Waals surface area contributed by atoms with Gasteiger partial charge in [0.2, 0.25) is 0 Å². The number of aromatic nitrogens is 2. The van der Waals surface area contributed by atoms with Crippen molar-refractivity contribution in [3.05, 3.63) is 89.5 Å². The molecular weight excluding hydrogens is 342 g/mol. The van der Waals surface area contributed by atoms with Gasteiger partial charge in [-0.25, -0.2) is 9.78 Å². The van der Waals surface area contributed by atoms with Gasteiger partial charge in [-0.3, -0.25) is 4.79 Å². The van der Waals surface area contributed by atoms with Crippen LogP contribution in [0.2, 0.25) is 0 Å². The van der Waals surface area contributed by atoms with Gasteiger partial charge in [0.05, 0.1) is 24.8 Å². The minimum Gasteiger partial charge on any atom is -0.465 e. The van der Waals surface area contributed by atoms with E-state index < -0.39 is 5.97 Å². The number of aryl methyl sites for hydroxylation is 1. The van der Waals surface area contributed by atoms with Crippen molar-refractivity contribution >= 4 is 11.9 Å². The van der Waals surface area contributed by atoms with Crippen LogP contribution in [0.1, 0.15) is 32.1 Å². The summed E-state index contributed by atoms with van der Waals surface area (Å²) < 4.78 is 6.70. The Morgan fingerprint density at radius 2 is 1.67 bits per heavy atom. The Kier molecular flexibility index (Phi) is 5.66. The first-order chi connectivity index (χ1) is 13.1. The monoisotopic (exact) mass is 363 g/mol. The van der Waals surface area contributed by atoms with Crippen molar-refractivity contribution in [1.82, 2.24) is 14.5 Å². The Balaban J connectivity index is 1.96. The maximum absolute atomic E-state index is 13.3. The van der Waals surface area contributed by atoms with Crippen LogP contribution >= 0.6 is 0 Å². The van der Waals surface area contributed by atoms with Crippen LogP contribution in [-0.4, -0.2) is 33.4 Å². The molecule has 1 aromatic heterocycles. The number of ether oxygens (including phenoxy) is 1. The van der Waals surface area contributed by atoms with Gasteiger partial charge in [-0.1, -0.05) is 42.5 Å². The summed E-state index contributed by atoms with van der Waals surface area (Å²) in [5.41, 5.74) is 1.56. The van der Waals surface area contributed by atoms with Gasteiger partial charge in [-0.15, -0.1) is 0 Å². The number of carbonyl (C=O) groups is 2. The molecule has 6 heteroatoms. The van der Waals surface area contributed by atoms with E-state index in [1.165, 1.54) is 7.11 Å². The number of amides is 1. The first-order valence-electron chi connectivity index (χ1n) is 8.57. The molecule has 1 amide bonds. The molecule has 0 bridgehead atoms. The highest BCUT2D eigenvalue weighted by molar-refractivity contribution is 6.05. The van der Waals surface area contributed by atoms with Gasteiger partial charge in [0.25, 0.3) is 5.91 Å². The zero-order valence-corrected chi connectivity index (χ0v) is 15.3. The molecule has 0 radical (unpaired) electrons. The fourth-order valence-electron chi connectivity index (χ4n) is 2.85. The smallest absolute Gasteiger partial charge is 0.338 e. The normalized spacial score (nSPS) is 10.4. The lowest BCUT2D eigenvalue weighted by atomic mass is 10.1. The standard InChI is InChI=1S/C21H21N3O3/c1-23-13-12-22-19(23)15-24(14-16-8-4-3-5-9-16)20(25)17-10-6-7-11-18(17)21(26)27-2/h3-13H,14-15H2,1-2H3. The third kappa shape index (κ3) is 4.23. The molecule has 2 aromatic carbocycles. The van der Waals surface area contributed by atoms with Gasteiger partial charge in [-0.05, 0) is 17.7 Å². The van der Waals surface area contributed by atoms with Crippen LogP contribution in [0.15, 0.2) is 67.0 Å². The summed E-state index contributed by atoms with van der Waals surface area (Å²) in [5.74, 6) is -0.0201. The molecule has 0 N–H and O–H groups in total. The van der Waals surface area contributed by atoms with Crippen molar-refractivity contribution in [2.45, 2.75) is 13.1 Å². The molecule has 0 aliphatic heterocycles. The predicted octanol–water partition coefficient (Wildman–Crippen LogP) is 3.05. The Morgan fingerprint density at radius 1 is 1.00 bits per heavy atom. The summed E-state index contributed by atoms with van der Waals surface area (Å²) in [6, 6.07) is 16.4. The minimum absolute atomic E-state index is 0.247. The molecule has 0 fully saturated rings. The Hall–Kier alpha value is -3.41. The number of benzene rings is 2. The Labute approximate surface area is 158 Å². The molecular formula is C21H21N3O3. The third-order valence-corrected chi connectivity index (χ3v) is 4.32. The predicted molar refractivity (Wildman–Crippen MR) is 101 cm³/mol. The van der Waals surface area contributed by atoms with Crippen molar-refractivity contribution in [3.8, 4) is 0 Å². The first-order valence-corrected chi connectivity index (χ1v) is 8.57. The van der Waals surface area contributed by atoms with E-state index in [-0.39, 0.29) is 11.5 Å². The summed E-state index contributed by atoms with van der Waals surface area (Å²) >= 11 is 0. The number of nitrogens with zero attached hydrogens (tertiary/aromatic N) is 3. The van der Waals surface area contributed by atoms with Gasteiger partial charge < -0.3 is 14.2 Å². The highest BCUT2D eigenvalue weighted by Gasteiger charge is 2.23. The molecule has 0 unspecified atom stereocenters. The van der Waals surface area contributed by atoms with Crippen LogP contribution in [-0.2, 0) is 24.9 Å².